The van der Waals surface area contributed by atoms with Crippen LogP contribution in [0.25, 0.3) is 0 Å². The smallest absolute Gasteiger partial charge is 0.0136 e. The first-order chi connectivity index (χ1) is 10.7. The van der Waals surface area contributed by atoms with E-state index >= 15 is 0 Å². The summed E-state index contributed by atoms with van der Waals surface area (Å²) in [5.74, 6) is 4.43. The Morgan fingerprint density at radius 3 is 1.18 bits per heavy atom. The molecule has 0 saturated carbocycles. The van der Waals surface area contributed by atoms with Gasteiger partial charge in [-0.2, -0.15) is 8.46 Å². The fourth-order valence-corrected chi connectivity index (χ4v) is 7.91. The van der Waals surface area contributed by atoms with Gasteiger partial charge in [-0.3, -0.25) is 0 Å². The molecule has 0 rings (SSSR count). The SMILES string of the molecule is CCCCCCCCS(Br)(CCCC)CCCCCCCC. The molecule has 2 heteroatoms. The van der Waals surface area contributed by atoms with Gasteiger partial charge in [-0.05, 0) is 51.3 Å². The Bertz CT molecular complexity index is 202. The van der Waals surface area contributed by atoms with Gasteiger partial charge in [0.1, 0.15) is 0 Å². The van der Waals surface area contributed by atoms with Crippen molar-refractivity contribution in [2.24, 2.45) is 0 Å². The lowest BCUT2D eigenvalue weighted by Gasteiger charge is -2.34. The molecule has 0 aromatic rings. The summed E-state index contributed by atoms with van der Waals surface area (Å²) in [6.45, 7) is 6.94. The molecule has 0 radical (unpaired) electrons. The lowest BCUT2D eigenvalue weighted by Crippen LogP contribution is -2.08. The van der Waals surface area contributed by atoms with Gasteiger partial charge in [0.05, 0.1) is 0 Å². The summed E-state index contributed by atoms with van der Waals surface area (Å²) in [5, 5.41) is 0. The summed E-state index contributed by atoms with van der Waals surface area (Å²) in [4.78, 5) is 0. The van der Waals surface area contributed by atoms with Crippen molar-refractivity contribution in [3.05, 3.63) is 0 Å². The highest BCUT2D eigenvalue weighted by atomic mass is 79.9. The van der Waals surface area contributed by atoms with Crippen LogP contribution in [-0.4, -0.2) is 17.3 Å². The van der Waals surface area contributed by atoms with Gasteiger partial charge >= 0.3 is 0 Å². The van der Waals surface area contributed by atoms with Crippen LogP contribution < -0.4 is 0 Å². The van der Waals surface area contributed by atoms with E-state index in [9.17, 15) is 0 Å². The van der Waals surface area contributed by atoms with Crippen LogP contribution in [0.2, 0.25) is 0 Å². The van der Waals surface area contributed by atoms with E-state index in [0.29, 0.717) is 0 Å². The quantitative estimate of drug-likeness (QED) is 0.216. The maximum absolute atomic E-state index is 4.24. The summed E-state index contributed by atoms with van der Waals surface area (Å²) in [7, 11) is -0.474. The molecule has 0 heterocycles. The third kappa shape index (κ3) is 14.4. The molecule has 22 heavy (non-hydrogen) atoms. The normalized spacial score (nSPS) is 12.7. The van der Waals surface area contributed by atoms with Crippen molar-refractivity contribution in [2.45, 2.75) is 111 Å². The lowest BCUT2D eigenvalue weighted by molar-refractivity contribution is 0.622. The Labute approximate surface area is 151 Å². The second kappa shape index (κ2) is 16.7. The van der Waals surface area contributed by atoms with E-state index in [0.717, 1.165) is 0 Å². The molecule has 0 unspecified atom stereocenters. The largest absolute Gasteiger partial charge is 0.183 e. The van der Waals surface area contributed by atoms with Crippen LogP contribution in [0.1, 0.15) is 111 Å². The molecular weight excluding hydrogens is 352 g/mol. The minimum absolute atomic E-state index is 0.474. The van der Waals surface area contributed by atoms with E-state index in [1.807, 2.05) is 0 Å². The zero-order valence-corrected chi connectivity index (χ0v) is 18.2. The molecule has 0 nitrogen and oxygen atoms in total. The Morgan fingerprint density at radius 2 is 0.773 bits per heavy atom. The van der Waals surface area contributed by atoms with E-state index < -0.39 is 8.46 Å². The van der Waals surface area contributed by atoms with Crippen LogP contribution in [0.4, 0.5) is 0 Å². The predicted octanol–water partition coefficient (Wildman–Crippen LogP) is 8.62. The molecule has 0 aliphatic carbocycles. The fourth-order valence-electron chi connectivity index (χ4n) is 2.99. The van der Waals surface area contributed by atoms with E-state index in [-0.39, 0.29) is 0 Å². The second-order valence-electron chi connectivity index (χ2n) is 6.94. The number of unbranched alkanes of at least 4 members (excludes halogenated alkanes) is 11. The third-order valence-electron chi connectivity index (χ3n) is 4.59. The first-order valence-corrected chi connectivity index (χ1v) is 14.1. The van der Waals surface area contributed by atoms with Gasteiger partial charge in [-0.1, -0.05) is 91.4 Å². The Morgan fingerprint density at radius 1 is 0.455 bits per heavy atom. The maximum Gasteiger partial charge on any atom is -0.0136 e. The molecule has 0 fully saturated rings. The Balaban J connectivity index is 3.84. The molecule has 0 atom stereocenters. The maximum atomic E-state index is 4.24. The van der Waals surface area contributed by atoms with Crippen molar-refractivity contribution in [2.75, 3.05) is 17.3 Å². The van der Waals surface area contributed by atoms with Crippen LogP contribution in [0.3, 0.4) is 0 Å². The Kier molecular flexibility index (Phi) is 17.3. The molecule has 136 valence electrons. The van der Waals surface area contributed by atoms with Gasteiger partial charge in [0.15, 0.2) is 0 Å². The predicted molar refractivity (Wildman–Crippen MR) is 113 cm³/mol. The first kappa shape index (κ1) is 22.8. The van der Waals surface area contributed by atoms with Gasteiger partial charge in [0.25, 0.3) is 0 Å². The lowest BCUT2D eigenvalue weighted by atomic mass is 10.1. The minimum Gasteiger partial charge on any atom is -0.183 e. The number of hydrogen-bond donors (Lipinski definition) is 0. The van der Waals surface area contributed by atoms with Crippen molar-refractivity contribution in [1.82, 2.24) is 0 Å². The van der Waals surface area contributed by atoms with Gasteiger partial charge in [-0.15, -0.1) is 0 Å². The number of rotatable bonds is 17. The molecular formula is C20H43BrS. The Hall–Kier alpha value is 0.830. The van der Waals surface area contributed by atoms with Crippen LogP contribution in [0, 0.1) is 0 Å². The van der Waals surface area contributed by atoms with Crippen molar-refractivity contribution < 1.29 is 0 Å². The molecule has 0 spiro atoms. The fraction of sp³-hybridized carbons (Fsp3) is 1.00. The zero-order valence-electron chi connectivity index (χ0n) is 15.8. The standard InChI is InChI=1S/C20H43BrS/c1-4-7-10-12-14-16-19-22(21,18-9-6-3)20-17-15-13-11-8-5-2/h4-20H2,1-3H3. The van der Waals surface area contributed by atoms with Crippen molar-refractivity contribution in [3.63, 3.8) is 0 Å². The van der Waals surface area contributed by atoms with Gasteiger partial charge in [0, 0.05) is 0 Å². The summed E-state index contributed by atoms with van der Waals surface area (Å²) in [5.41, 5.74) is 0. The van der Waals surface area contributed by atoms with Gasteiger partial charge < -0.3 is 0 Å². The highest BCUT2D eigenvalue weighted by molar-refractivity contribution is 9.58. The topological polar surface area (TPSA) is 0 Å². The average molecular weight is 396 g/mol. The number of hydrogen-bond acceptors (Lipinski definition) is 0. The van der Waals surface area contributed by atoms with Crippen LogP contribution in [0.5, 0.6) is 0 Å². The molecule has 0 amide bonds. The molecule has 0 aliphatic heterocycles. The van der Waals surface area contributed by atoms with Crippen LogP contribution in [-0.2, 0) is 0 Å². The van der Waals surface area contributed by atoms with Gasteiger partial charge in [-0.25, -0.2) is 0 Å². The summed E-state index contributed by atoms with van der Waals surface area (Å²) in [6.07, 6.45) is 20.0. The zero-order chi connectivity index (χ0) is 16.5. The van der Waals surface area contributed by atoms with E-state index in [2.05, 4.69) is 35.6 Å². The summed E-state index contributed by atoms with van der Waals surface area (Å²) < 4.78 is 0. The molecule has 0 aliphatic rings. The molecule has 0 saturated heterocycles. The van der Waals surface area contributed by atoms with Crippen molar-refractivity contribution >= 4 is 23.3 Å². The minimum atomic E-state index is -0.474. The molecule has 0 aromatic heterocycles. The van der Waals surface area contributed by atoms with E-state index in [1.54, 1.807) is 0 Å². The van der Waals surface area contributed by atoms with Crippen molar-refractivity contribution in [1.29, 1.82) is 0 Å². The van der Waals surface area contributed by atoms with E-state index in [1.165, 1.54) is 107 Å². The number of halogens is 1. The highest BCUT2D eigenvalue weighted by Gasteiger charge is 2.19. The highest BCUT2D eigenvalue weighted by Crippen LogP contribution is 2.57. The van der Waals surface area contributed by atoms with Crippen molar-refractivity contribution in [3.8, 4) is 0 Å². The molecule has 0 bridgehead atoms. The summed E-state index contributed by atoms with van der Waals surface area (Å²) >= 11 is 4.24. The van der Waals surface area contributed by atoms with Crippen LogP contribution >= 0.6 is 23.3 Å². The third-order valence-corrected chi connectivity index (χ3v) is 10.6. The monoisotopic (exact) mass is 394 g/mol. The molecule has 0 aromatic carbocycles. The molecule has 0 N–H and O–H groups in total. The van der Waals surface area contributed by atoms with Gasteiger partial charge in [0.2, 0.25) is 0 Å². The summed E-state index contributed by atoms with van der Waals surface area (Å²) in [6, 6.07) is 0. The average Bonchev–Trinajstić information content (AvgIpc) is 2.52. The van der Waals surface area contributed by atoms with Crippen LogP contribution in [0.15, 0.2) is 0 Å². The van der Waals surface area contributed by atoms with E-state index in [4.69, 9.17) is 0 Å². The first-order valence-electron chi connectivity index (χ1n) is 10.1. The second-order valence-corrected chi connectivity index (χ2v) is 14.2.